The molecule has 1 aromatic carbocycles. The number of hydrogen-bond donors (Lipinski definition) is 0. The summed E-state index contributed by atoms with van der Waals surface area (Å²) < 4.78 is 12.8. The summed E-state index contributed by atoms with van der Waals surface area (Å²) in [5, 5.41) is 0. The largest absolute Gasteiger partial charge is 0.294 e. The quantitative estimate of drug-likeness (QED) is 0.801. The molecule has 0 spiro atoms. The van der Waals surface area contributed by atoms with Gasteiger partial charge in [-0.1, -0.05) is 24.3 Å². The van der Waals surface area contributed by atoms with Crippen molar-refractivity contribution in [1.82, 2.24) is 9.88 Å². The van der Waals surface area contributed by atoms with Crippen LogP contribution in [-0.4, -0.2) is 22.2 Å². The van der Waals surface area contributed by atoms with E-state index in [4.69, 9.17) is 0 Å². The second kappa shape index (κ2) is 5.51. The van der Waals surface area contributed by atoms with Crippen molar-refractivity contribution in [3.05, 3.63) is 65.2 Å². The SMILES string of the molecule is O=C(CCN1Cc2ccccc2C1)c1ccc(F)cn1. The van der Waals surface area contributed by atoms with E-state index >= 15 is 0 Å². The maximum Gasteiger partial charge on any atom is 0.182 e. The van der Waals surface area contributed by atoms with Gasteiger partial charge in [-0.05, 0) is 23.3 Å². The Labute approximate surface area is 117 Å². The summed E-state index contributed by atoms with van der Waals surface area (Å²) in [4.78, 5) is 18.0. The number of carbonyl (C=O) groups is 1. The fraction of sp³-hybridized carbons (Fsp3) is 0.250. The lowest BCUT2D eigenvalue weighted by Gasteiger charge is -2.13. The van der Waals surface area contributed by atoms with Crippen molar-refractivity contribution in [3.8, 4) is 0 Å². The first-order chi connectivity index (χ1) is 9.72. The summed E-state index contributed by atoms with van der Waals surface area (Å²) in [7, 11) is 0. The molecule has 0 unspecified atom stereocenters. The van der Waals surface area contributed by atoms with Gasteiger partial charge < -0.3 is 0 Å². The molecule has 0 aliphatic carbocycles. The first-order valence-corrected chi connectivity index (χ1v) is 6.66. The average Bonchev–Trinajstić information content (AvgIpc) is 2.88. The minimum absolute atomic E-state index is 0.0408. The van der Waals surface area contributed by atoms with Crippen molar-refractivity contribution in [1.29, 1.82) is 0 Å². The van der Waals surface area contributed by atoms with Crippen molar-refractivity contribution in [2.75, 3.05) is 6.54 Å². The van der Waals surface area contributed by atoms with Gasteiger partial charge in [-0.25, -0.2) is 4.39 Å². The molecule has 0 amide bonds. The van der Waals surface area contributed by atoms with Crippen LogP contribution in [0.2, 0.25) is 0 Å². The van der Waals surface area contributed by atoms with Crippen LogP contribution in [0.15, 0.2) is 42.6 Å². The molecule has 0 N–H and O–H groups in total. The number of fused-ring (bicyclic) bond motifs is 1. The van der Waals surface area contributed by atoms with Gasteiger partial charge in [-0.3, -0.25) is 14.7 Å². The molecule has 0 saturated carbocycles. The number of aromatic nitrogens is 1. The van der Waals surface area contributed by atoms with Crippen molar-refractivity contribution in [3.63, 3.8) is 0 Å². The molecule has 2 aromatic rings. The molecule has 102 valence electrons. The lowest BCUT2D eigenvalue weighted by atomic mass is 10.1. The maximum atomic E-state index is 12.8. The summed E-state index contributed by atoms with van der Waals surface area (Å²) in [6, 6.07) is 11.0. The number of pyridine rings is 1. The molecule has 0 fully saturated rings. The number of nitrogens with zero attached hydrogens (tertiary/aromatic N) is 2. The summed E-state index contributed by atoms with van der Waals surface area (Å²) in [6.45, 7) is 2.48. The van der Waals surface area contributed by atoms with Crippen LogP contribution in [0.4, 0.5) is 4.39 Å². The molecule has 4 heteroatoms. The van der Waals surface area contributed by atoms with E-state index in [1.165, 1.54) is 23.3 Å². The molecular formula is C16H15FN2O. The van der Waals surface area contributed by atoms with E-state index < -0.39 is 5.82 Å². The smallest absolute Gasteiger partial charge is 0.182 e. The lowest BCUT2D eigenvalue weighted by Crippen LogP contribution is -2.20. The molecule has 0 bridgehead atoms. The molecule has 0 radical (unpaired) electrons. The van der Waals surface area contributed by atoms with Gasteiger partial charge in [-0.15, -0.1) is 0 Å². The van der Waals surface area contributed by atoms with Crippen molar-refractivity contribution in [2.45, 2.75) is 19.5 Å². The lowest BCUT2D eigenvalue weighted by molar-refractivity contribution is 0.0958. The minimum atomic E-state index is -0.420. The Morgan fingerprint density at radius 2 is 1.85 bits per heavy atom. The first kappa shape index (κ1) is 12.9. The van der Waals surface area contributed by atoms with E-state index in [0.717, 1.165) is 19.3 Å². The molecule has 1 aliphatic heterocycles. The Balaban J connectivity index is 1.56. The highest BCUT2D eigenvalue weighted by Crippen LogP contribution is 2.22. The molecular weight excluding hydrogens is 255 g/mol. The average molecular weight is 270 g/mol. The van der Waals surface area contributed by atoms with Gasteiger partial charge in [-0.2, -0.15) is 0 Å². The van der Waals surface area contributed by atoms with Crippen LogP contribution in [0, 0.1) is 5.82 Å². The summed E-state index contributed by atoms with van der Waals surface area (Å²) in [6.07, 6.45) is 1.49. The number of hydrogen-bond acceptors (Lipinski definition) is 3. The van der Waals surface area contributed by atoms with Crippen LogP contribution >= 0.6 is 0 Å². The number of Topliss-reactive ketones (excluding diaryl/α,β-unsaturated/α-hetero) is 1. The summed E-state index contributed by atoms with van der Waals surface area (Å²) in [5.74, 6) is -0.461. The zero-order valence-electron chi connectivity index (χ0n) is 11.1. The fourth-order valence-corrected chi connectivity index (χ4v) is 2.49. The zero-order valence-corrected chi connectivity index (χ0v) is 11.1. The van der Waals surface area contributed by atoms with Crippen LogP contribution in [0.3, 0.4) is 0 Å². The van der Waals surface area contributed by atoms with Crippen LogP contribution in [0.1, 0.15) is 28.0 Å². The van der Waals surface area contributed by atoms with Gasteiger partial charge in [0.05, 0.1) is 6.20 Å². The van der Waals surface area contributed by atoms with Gasteiger partial charge in [0.2, 0.25) is 0 Å². The second-order valence-corrected chi connectivity index (χ2v) is 5.01. The molecule has 2 heterocycles. The summed E-state index contributed by atoms with van der Waals surface area (Å²) >= 11 is 0. The number of ketones is 1. The normalized spacial score (nSPS) is 14.2. The van der Waals surface area contributed by atoms with Crippen LogP contribution in [0.5, 0.6) is 0 Å². The van der Waals surface area contributed by atoms with Crippen LogP contribution in [0.25, 0.3) is 0 Å². The Morgan fingerprint density at radius 1 is 1.15 bits per heavy atom. The molecule has 20 heavy (non-hydrogen) atoms. The first-order valence-electron chi connectivity index (χ1n) is 6.66. The minimum Gasteiger partial charge on any atom is -0.294 e. The topological polar surface area (TPSA) is 33.2 Å². The zero-order chi connectivity index (χ0) is 13.9. The highest BCUT2D eigenvalue weighted by Gasteiger charge is 2.19. The number of rotatable bonds is 4. The number of carbonyl (C=O) groups excluding carboxylic acids is 1. The van der Waals surface area contributed by atoms with Crippen LogP contribution in [-0.2, 0) is 13.1 Å². The standard InChI is InChI=1S/C16H15FN2O/c17-14-5-6-15(18-9-14)16(20)7-8-19-10-12-3-1-2-4-13(12)11-19/h1-6,9H,7-8,10-11H2. The highest BCUT2D eigenvalue weighted by molar-refractivity contribution is 5.94. The summed E-state index contributed by atoms with van der Waals surface area (Å²) in [5.41, 5.74) is 3.00. The Kier molecular flexibility index (Phi) is 3.56. The maximum absolute atomic E-state index is 12.8. The predicted molar refractivity (Wildman–Crippen MR) is 73.7 cm³/mol. The van der Waals surface area contributed by atoms with Gasteiger partial charge in [0.1, 0.15) is 11.5 Å². The highest BCUT2D eigenvalue weighted by atomic mass is 19.1. The van der Waals surface area contributed by atoms with E-state index in [1.54, 1.807) is 0 Å². The van der Waals surface area contributed by atoms with E-state index in [-0.39, 0.29) is 5.78 Å². The third-order valence-electron chi connectivity index (χ3n) is 3.57. The molecule has 1 aromatic heterocycles. The van der Waals surface area contributed by atoms with Gasteiger partial charge in [0.15, 0.2) is 5.78 Å². The van der Waals surface area contributed by atoms with Crippen molar-refractivity contribution in [2.24, 2.45) is 0 Å². The Hall–Kier alpha value is -2.07. The Morgan fingerprint density at radius 3 is 2.45 bits per heavy atom. The van der Waals surface area contributed by atoms with Crippen molar-refractivity contribution < 1.29 is 9.18 Å². The van der Waals surface area contributed by atoms with Crippen molar-refractivity contribution >= 4 is 5.78 Å². The van der Waals surface area contributed by atoms with E-state index in [2.05, 4.69) is 22.0 Å². The molecule has 3 nitrogen and oxygen atoms in total. The van der Waals surface area contributed by atoms with Gasteiger partial charge in [0.25, 0.3) is 0 Å². The Bertz CT molecular complexity index is 600. The van der Waals surface area contributed by atoms with E-state index in [9.17, 15) is 9.18 Å². The van der Waals surface area contributed by atoms with Crippen LogP contribution < -0.4 is 0 Å². The fourth-order valence-electron chi connectivity index (χ4n) is 2.49. The monoisotopic (exact) mass is 270 g/mol. The molecule has 0 atom stereocenters. The third-order valence-corrected chi connectivity index (χ3v) is 3.57. The number of halogens is 1. The predicted octanol–water partition coefficient (Wildman–Crippen LogP) is 2.81. The van der Waals surface area contributed by atoms with Gasteiger partial charge >= 0.3 is 0 Å². The third kappa shape index (κ3) is 2.75. The molecule has 1 aliphatic rings. The molecule has 3 rings (SSSR count). The van der Waals surface area contributed by atoms with E-state index in [1.807, 2.05) is 12.1 Å². The van der Waals surface area contributed by atoms with E-state index in [0.29, 0.717) is 18.7 Å². The second-order valence-electron chi connectivity index (χ2n) is 5.01. The molecule has 0 saturated heterocycles. The number of benzene rings is 1. The van der Waals surface area contributed by atoms with Gasteiger partial charge in [0, 0.05) is 26.1 Å².